The Hall–Kier alpha value is -1.92. The van der Waals surface area contributed by atoms with Gasteiger partial charge in [-0.3, -0.25) is 0 Å². The van der Waals surface area contributed by atoms with E-state index >= 15 is 0 Å². The Bertz CT molecular complexity index is 459. The van der Waals surface area contributed by atoms with Gasteiger partial charge in [-0.15, -0.1) is 0 Å². The monoisotopic (exact) mass is 275 g/mol. The first kappa shape index (κ1) is 15.1. The Morgan fingerprint density at radius 1 is 1.42 bits per heavy atom. The van der Waals surface area contributed by atoms with Crippen LogP contribution < -0.4 is 5.32 Å². The largest absolute Gasteiger partial charge is 0.478 e. The Morgan fingerprint density at radius 2 is 2.00 bits per heavy atom. The molecule has 0 aliphatic heterocycles. The van der Waals surface area contributed by atoms with E-state index in [1.54, 1.807) is 20.8 Å². The van der Waals surface area contributed by atoms with Gasteiger partial charge in [-0.2, -0.15) is 8.78 Å². The number of nitrogens with one attached hydrogen (secondary N) is 1. The van der Waals surface area contributed by atoms with E-state index in [-0.39, 0.29) is 5.57 Å². The van der Waals surface area contributed by atoms with Crippen LogP contribution in [-0.2, 0) is 9.53 Å². The predicted octanol–water partition coefficient (Wildman–Crippen LogP) is 2.45. The Balaban J connectivity index is 2.82. The van der Waals surface area contributed by atoms with Crippen LogP contribution in [0.2, 0.25) is 0 Å². The summed E-state index contributed by atoms with van der Waals surface area (Å²) >= 11 is 0. The van der Waals surface area contributed by atoms with Crippen molar-refractivity contribution in [1.29, 1.82) is 0 Å². The van der Waals surface area contributed by atoms with Crippen LogP contribution in [0.1, 0.15) is 27.2 Å². The number of amides is 1. The fraction of sp³-hybridized carbons (Fsp3) is 0.500. The number of ether oxygens (including phenoxy) is 1. The van der Waals surface area contributed by atoms with Gasteiger partial charge in [0.05, 0.1) is 6.04 Å². The molecule has 0 heterocycles. The van der Waals surface area contributed by atoms with Gasteiger partial charge in [0, 0.05) is 17.6 Å². The van der Waals surface area contributed by atoms with E-state index in [0.717, 1.165) is 6.08 Å². The molecule has 0 spiro atoms. The molecule has 0 radical (unpaired) electrons. The summed E-state index contributed by atoms with van der Waals surface area (Å²) in [5.74, 6) is -1.28. The van der Waals surface area contributed by atoms with Crippen LogP contribution in [0.15, 0.2) is 23.3 Å². The van der Waals surface area contributed by atoms with Crippen molar-refractivity contribution in [2.24, 2.45) is 0 Å². The highest BCUT2D eigenvalue weighted by Gasteiger charge is 2.31. The molecule has 106 valence electrons. The summed E-state index contributed by atoms with van der Waals surface area (Å²) < 4.78 is 30.3. The first-order valence-corrected chi connectivity index (χ1v) is 5.57. The summed E-state index contributed by atoms with van der Waals surface area (Å²) in [4.78, 5) is 22.2. The van der Waals surface area contributed by atoms with Gasteiger partial charge >= 0.3 is 12.1 Å². The van der Waals surface area contributed by atoms with Crippen molar-refractivity contribution in [3.05, 3.63) is 23.3 Å². The van der Waals surface area contributed by atoms with Gasteiger partial charge in [0.25, 0.3) is 6.08 Å². The molecule has 0 saturated heterocycles. The normalized spacial score (nSPS) is 18.9. The van der Waals surface area contributed by atoms with Crippen LogP contribution >= 0.6 is 0 Å². The molecule has 1 rings (SSSR count). The van der Waals surface area contributed by atoms with Crippen LogP contribution in [0.3, 0.4) is 0 Å². The summed E-state index contributed by atoms with van der Waals surface area (Å²) in [6, 6.07) is -1.15. The second-order valence-electron chi connectivity index (χ2n) is 5.08. The van der Waals surface area contributed by atoms with Crippen molar-refractivity contribution in [2.45, 2.75) is 38.8 Å². The summed E-state index contributed by atoms with van der Waals surface area (Å²) in [5, 5.41) is 11.0. The number of carboxylic acid groups (broad SMARTS) is 1. The molecule has 1 aliphatic carbocycles. The average Bonchev–Trinajstić information content (AvgIpc) is 2.58. The lowest BCUT2D eigenvalue weighted by Crippen LogP contribution is -2.38. The zero-order chi connectivity index (χ0) is 14.8. The molecule has 1 unspecified atom stereocenters. The van der Waals surface area contributed by atoms with Crippen molar-refractivity contribution >= 4 is 12.1 Å². The Morgan fingerprint density at radius 3 is 2.42 bits per heavy atom. The van der Waals surface area contributed by atoms with Gasteiger partial charge < -0.3 is 15.2 Å². The van der Waals surface area contributed by atoms with Gasteiger partial charge in [0.15, 0.2) is 0 Å². The number of alkyl carbamates (subject to hydrolysis) is 1. The number of rotatable bonds is 2. The van der Waals surface area contributed by atoms with Crippen molar-refractivity contribution in [3.63, 3.8) is 0 Å². The maximum atomic E-state index is 12.7. The first-order valence-electron chi connectivity index (χ1n) is 5.57. The topological polar surface area (TPSA) is 75.6 Å². The molecule has 0 bridgehead atoms. The van der Waals surface area contributed by atoms with Gasteiger partial charge in [0.1, 0.15) is 5.60 Å². The molecular formula is C12H15F2NO4. The van der Waals surface area contributed by atoms with Crippen LogP contribution in [-0.4, -0.2) is 28.8 Å². The number of carboxylic acids is 1. The second-order valence-corrected chi connectivity index (χ2v) is 5.08. The molecule has 5 nitrogen and oxygen atoms in total. The lowest BCUT2D eigenvalue weighted by atomic mass is 10.1. The van der Waals surface area contributed by atoms with Crippen LogP contribution in [0, 0.1) is 0 Å². The lowest BCUT2D eigenvalue weighted by Gasteiger charge is -2.21. The summed E-state index contributed by atoms with van der Waals surface area (Å²) in [5.41, 5.74) is -1.37. The second kappa shape index (κ2) is 5.38. The average molecular weight is 275 g/mol. The molecule has 1 atom stereocenters. The Kier molecular flexibility index (Phi) is 4.28. The van der Waals surface area contributed by atoms with Gasteiger partial charge in [0.2, 0.25) is 0 Å². The minimum Gasteiger partial charge on any atom is -0.478 e. The highest BCUT2D eigenvalue weighted by atomic mass is 19.3. The molecule has 0 aromatic rings. The standard InChI is InChI=1S/C12H15F2NO4/c1-12(2,3)19-11(18)15-8-5-6(10(16)17)4-7(8)9(13)14/h5,8H,4H2,1-3H3,(H,15,18)(H,16,17). The summed E-state index contributed by atoms with van der Waals surface area (Å²) in [6.07, 6.45) is -2.17. The summed E-state index contributed by atoms with van der Waals surface area (Å²) in [6.45, 7) is 4.89. The molecule has 0 saturated carbocycles. The maximum Gasteiger partial charge on any atom is 0.408 e. The highest BCUT2D eigenvalue weighted by Crippen LogP contribution is 2.29. The fourth-order valence-electron chi connectivity index (χ4n) is 1.57. The molecule has 2 N–H and O–H groups in total. The van der Waals surface area contributed by atoms with Gasteiger partial charge in [-0.1, -0.05) is 0 Å². The molecule has 0 fully saturated rings. The van der Waals surface area contributed by atoms with Gasteiger partial charge in [-0.05, 0) is 26.8 Å². The number of carbonyl (C=O) groups is 2. The quantitative estimate of drug-likeness (QED) is 0.811. The fourth-order valence-corrected chi connectivity index (χ4v) is 1.57. The van der Waals surface area contributed by atoms with Gasteiger partial charge in [-0.25, -0.2) is 9.59 Å². The SMILES string of the molecule is CC(C)(C)OC(=O)NC1C=C(C(=O)O)CC1=C(F)F. The molecule has 1 amide bonds. The smallest absolute Gasteiger partial charge is 0.408 e. The lowest BCUT2D eigenvalue weighted by molar-refractivity contribution is -0.132. The minimum atomic E-state index is -1.99. The van der Waals surface area contributed by atoms with E-state index in [2.05, 4.69) is 5.32 Å². The van der Waals surface area contributed by atoms with Crippen molar-refractivity contribution in [1.82, 2.24) is 5.32 Å². The molecular weight excluding hydrogens is 260 g/mol. The third-order valence-electron chi connectivity index (χ3n) is 2.31. The highest BCUT2D eigenvalue weighted by molar-refractivity contribution is 5.89. The van der Waals surface area contributed by atoms with Crippen molar-refractivity contribution in [2.75, 3.05) is 0 Å². The predicted molar refractivity (Wildman–Crippen MR) is 62.7 cm³/mol. The number of carbonyl (C=O) groups excluding carboxylic acids is 1. The minimum absolute atomic E-state index is 0.177. The van der Waals surface area contributed by atoms with E-state index in [1.807, 2.05) is 0 Å². The Labute approximate surface area is 108 Å². The van der Waals surface area contributed by atoms with Crippen LogP contribution in [0.5, 0.6) is 0 Å². The third kappa shape index (κ3) is 4.35. The zero-order valence-electron chi connectivity index (χ0n) is 10.8. The molecule has 7 heteroatoms. The van der Waals surface area contributed by atoms with Crippen molar-refractivity contribution < 1.29 is 28.2 Å². The number of hydrogen-bond donors (Lipinski definition) is 2. The molecule has 0 aromatic heterocycles. The van der Waals surface area contributed by atoms with E-state index in [4.69, 9.17) is 9.84 Å². The van der Waals surface area contributed by atoms with Crippen molar-refractivity contribution in [3.8, 4) is 0 Å². The number of halogens is 2. The van der Waals surface area contributed by atoms with E-state index in [9.17, 15) is 18.4 Å². The van der Waals surface area contributed by atoms with Crippen LogP contribution in [0.4, 0.5) is 13.6 Å². The number of aliphatic carboxylic acids is 1. The van der Waals surface area contributed by atoms with Crippen LogP contribution in [0.25, 0.3) is 0 Å². The molecule has 19 heavy (non-hydrogen) atoms. The maximum absolute atomic E-state index is 12.7. The third-order valence-corrected chi connectivity index (χ3v) is 2.31. The zero-order valence-corrected chi connectivity index (χ0v) is 10.8. The van der Waals surface area contributed by atoms with E-state index in [0.29, 0.717) is 0 Å². The number of hydrogen-bond acceptors (Lipinski definition) is 3. The first-order chi connectivity index (χ1) is 8.60. The van der Waals surface area contributed by atoms with E-state index < -0.39 is 41.8 Å². The summed E-state index contributed by atoms with van der Waals surface area (Å²) in [7, 11) is 0. The molecule has 0 aromatic carbocycles. The molecule has 1 aliphatic rings. The van der Waals surface area contributed by atoms with E-state index in [1.165, 1.54) is 0 Å².